The minimum Gasteiger partial charge on any atom is -0.500 e. The van der Waals surface area contributed by atoms with E-state index in [2.05, 4.69) is 0 Å². The van der Waals surface area contributed by atoms with E-state index >= 15 is 0 Å². The number of rotatable bonds is 0. The van der Waals surface area contributed by atoms with Gasteiger partial charge >= 0.3 is 10.9 Å². The summed E-state index contributed by atoms with van der Waals surface area (Å²) in [5.41, 5.74) is -0.194. The van der Waals surface area contributed by atoms with Crippen LogP contribution in [0.25, 0.3) is 0 Å². The van der Waals surface area contributed by atoms with E-state index in [-0.39, 0.29) is 39.4 Å². The topological polar surface area (TPSA) is 83.3 Å². The Bertz CT molecular complexity index is 572. The van der Waals surface area contributed by atoms with Crippen molar-refractivity contribution in [2.75, 3.05) is 0 Å². The maximum Gasteiger partial charge on any atom is 0.381 e. The van der Waals surface area contributed by atoms with Gasteiger partial charge in [-0.25, -0.2) is 0 Å². The molecule has 0 bridgehead atoms. The van der Waals surface area contributed by atoms with E-state index < -0.39 is 0 Å². The Hall–Kier alpha value is -2.10. The SMILES string of the molecule is Oc1cccccc1=[OH+].Oc1cccccc1=[OH+].[Cu]. The monoisotopic (exact) mass is 309 g/mol. The van der Waals surface area contributed by atoms with E-state index in [4.69, 9.17) is 19.8 Å². The van der Waals surface area contributed by atoms with Gasteiger partial charge in [0.15, 0.2) is 0 Å². The van der Waals surface area contributed by atoms with Gasteiger partial charge in [-0.15, -0.1) is 0 Å². The van der Waals surface area contributed by atoms with Crippen LogP contribution in [0.2, 0.25) is 0 Å². The van der Waals surface area contributed by atoms with Crippen molar-refractivity contribution in [3.8, 4) is 11.5 Å². The van der Waals surface area contributed by atoms with Gasteiger partial charge in [-0.05, 0) is 12.1 Å². The summed E-state index contributed by atoms with van der Waals surface area (Å²) < 4.78 is 0. The molecule has 0 atom stereocenters. The molecule has 0 aromatic heterocycles. The fourth-order valence-corrected chi connectivity index (χ4v) is 1.06. The average molecular weight is 310 g/mol. The molecule has 0 heterocycles. The molecule has 0 unspecified atom stereocenters. The van der Waals surface area contributed by atoms with Crippen molar-refractivity contribution in [3.63, 3.8) is 0 Å². The van der Waals surface area contributed by atoms with Gasteiger partial charge in [0, 0.05) is 29.2 Å². The quantitative estimate of drug-likeness (QED) is 0.557. The zero-order chi connectivity index (χ0) is 13.4. The molecular formula is C14H14CuO4+2. The number of aromatic hydroxyl groups is 2. The molecular weight excluding hydrogens is 296 g/mol. The first-order valence-corrected chi connectivity index (χ1v) is 5.22. The molecule has 2 rings (SSSR count). The van der Waals surface area contributed by atoms with Crippen molar-refractivity contribution in [1.82, 2.24) is 0 Å². The molecule has 1 radical (unpaired) electrons. The maximum absolute atomic E-state index is 8.83. The van der Waals surface area contributed by atoms with Crippen molar-refractivity contribution in [2.45, 2.75) is 0 Å². The summed E-state index contributed by atoms with van der Waals surface area (Å²) >= 11 is 0. The van der Waals surface area contributed by atoms with E-state index in [1.165, 1.54) is 24.3 Å². The molecule has 0 aliphatic heterocycles. The summed E-state index contributed by atoms with van der Waals surface area (Å²) in [6, 6.07) is 15.7. The van der Waals surface area contributed by atoms with Crippen molar-refractivity contribution >= 4 is 0 Å². The first-order valence-electron chi connectivity index (χ1n) is 5.22. The Morgan fingerprint density at radius 1 is 0.579 bits per heavy atom. The second-order valence-corrected chi connectivity index (χ2v) is 3.36. The molecule has 0 saturated heterocycles. The van der Waals surface area contributed by atoms with E-state index in [1.54, 1.807) is 36.4 Å². The van der Waals surface area contributed by atoms with Gasteiger partial charge in [-0.2, -0.15) is 0 Å². The minimum absolute atomic E-state index is 0. The van der Waals surface area contributed by atoms with Crippen LogP contribution in [0.5, 0.6) is 11.5 Å². The van der Waals surface area contributed by atoms with Crippen LogP contribution in [-0.4, -0.2) is 19.8 Å². The molecule has 4 nitrogen and oxygen atoms in total. The number of hydrogen-bond donors (Lipinski definition) is 2. The zero-order valence-corrected chi connectivity index (χ0v) is 10.8. The van der Waals surface area contributed by atoms with Crippen LogP contribution in [0.15, 0.2) is 60.7 Å². The zero-order valence-electron chi connectivity index (χ0n) is 9.86. The van der Waals surface area contributed by atoms with Crippen molar-refractivity contribution in [1.29, 1.82) is 0 Å². The second-order valence-electron chi connectivity index (χ2n) is 3.36. The van der Waals surface area contributed by atoms with Crippen molar-refractivity contribution < 1.29 is 36.9 Å². The molecule has 0 aliphatic carbocycles. The Labute approximate surface area is 120 Å². The molecule has 0 saturated carbocycles. The molecule has 5 heteroatoms. The molecule has 103 valence electrons. The van der Waals surface area contributed by atoms with E-state index in [0.29, 0.717) is 0 Å². The standard InChI is InChI=1S/2C7H6O2.Cu/c2*8-6-4-2-1-3-5-7(6)9;/h2*1-5H,(H,8,9);/p+2. The smallest absolute Gasteiger partial charge is 0.381 e. The summed E-state index contributed by atoms with van der Waals surface area (Å²) in [5.74, 6) is -0.194. The predicted octanol–water partition coefficient (Wildman–Crippen LogP) is 0.791. The van der Waals surface area contributed by atoms with Gasteiger partial charge in [0.1, 0.15) is 0 Å². The molecule has 0 fully saturated rings. The molecule has 2 aromatic carbocycles. The molecule has 19 heavy (non-hydrogen) atoms. The van der Waals surface area contributed by atoms with Crippen molar-refractivity contribution in [2.24, 2.45) is 0 Å². The summed E-state index contributed by atoms with van der Waals surface area (Å²) in [6.07, 6.45) is 0. The van der Waals surface area contributed by atoms with E-state index in [9.17, 15) is 0 Å². The summed E-state index contributed by atoms with van der Waals surface area (Å²) in [6.45, 7) is 0. The Morgan fingerprint density at radius 3 is 1.26 bits per heavy atom. The van der Waals surface area contributed by atoms with Crippen molar-refractivity contribution in [3.05, 3.63) is 71.5 Å². The van der Waals surface area contributed by atoms with Gasteiger partial charge in [-0.3, -0.25) is 9.59 Å². The van der Waals surface area contributed by atoms with Crippen LogP contribution in [0.1, 0.15) is 0 Å². The summed E-state index contributed by atoms with van der Waals surface area (Å²) in [7, 11) is 0. The molecule has 0 spiro atoms. The normalized spacial score (nSPS) is 8.42. The van der Waals surface area contributed by atoms with Crippen LogP contribution >= 0.6 is 0 Å². The third-order valence-corrected chi connectivity index (χ3v) is 1.99. The maximum atomic E-state index is 8.83. The summed E-state index contributed by atoms with van der Waals surface area (Å²) in [5, 5.41) is 17.7. The van der Waals surface area contributed by atoms with Gasteiger partial charge in [-0.1, -0.05) is 36.4 Å². The number of hydrogen-bond acceptors (Lipinski definition) is 2. The van der Waals surface area contributed by atoms with E-state index in [0.717, 1.165) is 0 Å². The van der Waals surface area contributed by atoms with Crippen LogP contribution in [-0.2, 0) is 17.1 Å². The van der Waals surface area contributed by atoms with Crippen LogP contribution in [0.4, 0.5) is 0 Å². The predicted molar refractivity (Wildman–Crippen MR) is 66.4 cm³/mol. The van der Waals surface area contributed by atoms with Crippen LogP contribution in [0.3, 0.4) is 0 Å². The van der Waals surface area contributed by atoms with Gasteiger partial charge in [0.05, 0.1) is 0 Å². The second kappa shape index (κ2) is 8.91. The van der Waals surface area contributed by atoms with Gasteiger partial charge < -0.3 is 10.2 Å². The summed E-state index contributed by atoms with van der Waals surface area (Å²) in [4.78, 5) is 17.7. The molecule has 0 amide bonds. The largest absolute Gasteiger partial charge is 0.500 e. The average Bonchev–Trinajstić information content (AvgIpc) is 2.65. The first-order chi connectivity index (χ1) is 8.61. The molecule has 2 aromatic rings. The Kier molecular flexibility index (Phi) is 7.93. The molecule has 0 aliphatic rings. The van der Waals surface area contributed by atoms with Crippen LogP contribution in [0, 0.1) is 0 Å². The first kappa shape index (κ1) is 16.9. The van der Waals surface area contributed by atoms with Gasteiger partial charge in [0.2, 0.25) is 11.5 Å². The Balaban J connectivity index is 0.000000324. The third kappa shape index (κ3) is 6.40. The minimum atomic E-state index is -0.0972. The fourth-order valence-electron chi connectivity index (χ4n) is 1.06. The van der Waals surface area contributed by atoms with Gasteiger partial charge in [0.25, 0.3) is 0 Å². The van der Waals surface area contributed by atoms with Crippen LogP contribution < -0.4 is 10.9 Å². The van der Waals surface area contributed by atoms with E-state index in [1.807, 2.05) is 0 Å². The third-order valence-electron chi connectivity index (χ3n) is 1.99. The molecule has 4 N–H and O–H groups in total. The Morgan fingerprint density at radius 2 is 0.895 bits per heavy atom. The fraction of sp³-hybridized carbons (Fsp3) is 0.